The number of carbonyl (C=O) groups is 1. The van der Waals surface area contributed by atoms with Crippen LogP contribution >= 0.6 is 0 Å². The molecule has 3 unspecified atom stereocenters. The Kier molecular flexibility index (Phi) is 2.58. The maximum absolute atomic E-state index is 12.1. The molecule has 3 rings (SSSR count). The smallest absolute Gasteiger partial charge is 0.252 e. The number of amides is 1. The third-order valence-electron chi connectivity index (χ3n) is 4.39. The van der Waals surface area contributed by atoms with E-state index in [-0.39, 0.29) is 11.4 Å². The molecule has 3 fully saturated rings. The summed E-state index contributed by atoms with van der Waals surface area (Å²) in [6.07, 6.45) is 4.65. The molecular formula is C12H19N3O2. The van der Waals surface area contributed by atoms with Crippen LogP contribution in [0.3, 0.4) is 0 Å². The van der Waals surface area contributed by atoms with Crippen LogP contribution in [0, 0.1) is 11.8 Å². The predicted molar refractivity (Wildman–Crippen MR) is 63.6 cm³/mol. The van der Waals surface area contributed by atoms with E-state index in [0.29, 0.717) is 25.0 Å². The first kappa shape index (κ1) is 11.0. The Balaban J connectivity index is 1.72. The second kappa shape index (κ2) is 3.98. The van der Waals surface area contributed by atoms with Crippen LogP contribution in [-0.4, -0.2) is 37.7 Å². The lowest BCUT2D eigenvalue weighted by Gasteiger charge is -2.30. The van der Waals surface area contributed by atoms with Crippen LogP contribution in [0.15, 0.2) is 4.99 Å². The predicted octanol–water partition coefficient (Wildman–Crippen LogP) is 0.267. The van der Waals surface area contributed by atoms with Crippen LogP contribution in [-0.2, 0) is 9.53 Å². The van der Waals surface area contributed by atoms with Gasteiger partial charge in [-0.05, 0) is 37.5 Å². The zero-order valence-corrected chi connectivity index (χ0v) is 10.2. The first-order valence-corrected chi connectivity index (χ1v) is 6.37. The zero-order valence-electron chi connectivity index (χ0n) is 10.2. The van der Waals surface area contributed by atoms with Crippen molar-refractivity contribution < 1.29 is 9.53 Å². The van der Waals surface area contributed by atoms with E-state index in [1.807, 2.05) is 0 Å². The number of carbonyl (C=O) groups excluding carboxylic acids is 1. The minimum absolute atomic E-state index is 0.126. The molecular weight excluding hydrogens is 218 g/mol. The lowest BCUT2D eigenvalue weighted by atomic mass is 9.81. The van der Waals surface area contributed by atoms with Gasteiger partial charge in [0.15, 0.2) is 5.96 Å². The molecule has 1 saturated heterocycles. The molecule has 3 aliphatic rings. The average Bonchev–Trinajstić information content (AvgIpc) is 2.96. The van der Waals surface area contributed by atoms with Crippen molar-refractivity contribution in [3.63, 3.8) is 0 Å². The van der Waals surface area contributed by atoms with E-state index in [2.05, 4.69) is 15.6 Å². The van der Waals surface area contributed by atoms with Gasteiger partial charge in [-0.15, -0.1) is 0 Å². The molecule has 1 heterocycles. The highest BCUT2D eigenvalue weighted by Gasteiger charge is 2.58. The maximum Gasteiger partial charge on any atom is 0.252 e. The summed E-state index contributed by atoms with van der Waals surface area (Å²) in [5.41, 5.74) is -0.338. The SMILES string of the molecule is COCCN=C1NC(=O)C2(CC3CCC2C3)N1. The summed E-state index contributed by atoms with van der Waals surface area (Å²) < 4.78 is 4.95. The molecule has 0 aromatic carbocycles. The third kappa shape index (κ3) is 1.64. The first-order chi connectivity index (χ1) is 8.24. The Morgan fingerprint density at radius 1 is 1.53 bits per heavy atom. The minimum atomic E-state index is -0.338. The van der Waals surface area contributed by atoms with Gasteiger partial charge in [-0.1, -0.05) is 0 Å². The highest BCUT2D eigenvalue weighted by Crippen LogP contribution is 2.51. The molecule has 94 valence electrons. The highest BCUT2D eigenvalue weighted by atomic mass is 16.5. The number of methoxy groups -OCH3 is 1. The fraction of sp³-hybridized carbons (Fsp3) is 0.833. The van der Waals surface area contributed by atoms with Crippen molar-refractivity contribution in [3.05, 3.63) is 0 Å². The van der Waals surface area contributed by atoms with E-state index in [1.54, 1.807) is 7.11 Å². The summed E-state index contributed by atoms with van der Waals surface area (Å²) in [6, 6.07) is 0. The molecule has 3 atom stereocenters. The van der Waals surface area contributed by atoms with Gasteiger partial charge in [-0.3, -0.25) is 15.1 Å². The third-order valence-corrected chi connectivity index (χ3v) is 4.39. The van der Waals surface area contributed by atoms with Crippen LogP contribution in [0.4, 0.5) is 0 Å². The van der Waals surface area contributed by atoms with Crippen molar-refractivity contribution in [2.75, 3.05) is 20.3 Å². The molecule has 2 N–H and O–H groups in total. The Hall–Kier alpha value is -1.10. The Labute approximate surface area is 101 Å². The monoisotopic (exact) mass is 237 g/mol. The Bertz CT molecular complexity index is 369. The highest BCUT2D eigenvalue weighted by molar-refractivity contribution is 6.09. The average molecular weight is 237 g/mol. The molecule has 17 heavy (non-hydrogen) atoms. The lowest BCUT2D eigenvalue weighted by Crippen LogP contribution is -2.51. The first-order valence-electron chi connectivity index (χ1n) is 6.37. The fourth-order valence-corrected chi connectivity index (χ4v) is 3.61. The summed E-state index contributed by atoms with van der Waals surface area (Å²) >= 11 is 0. The molecule has 0 radical (unpaired) electrons. The van der Waals surface area contributed by atoms with E-state index < -0.39 is 0 Å². The van der Waals surface area contributed by atoms with Gasteiger partial charge in [-0.2, -0.15) is 0 Å². The van der Waals surface area contributed by atoms with Gasteiger partial charge in [0.1, 0.15) is 5.54 Å². The molecule has 2 saturated carbocycles. The number of hydrogen-bond donors (Lipinski definition) is 2. The van der Waals surface area contributed by atoms with Gasteiger partial charge >= 0.3 is 0 Å². The van der Waals surface area contributed by atoms with Crippen LogP contribution in [0.5, 0.6) is 0 Å². The summed E-state index contributed by atoms with van der Waals surface area (Å²) in [4.78, 5) is 16.5. The molecule has 5 nitrogen and oxygen atoms in total. The van der Waals surface area contributed by atoms with E-state index in [1.165, 1.54) is 19.3 Å². The van der Waals surface area contributed by atoms with Crippen LogP contribution < -0.4 is 10.6 Å². The molecule has 1 amide bonds. The van der Waals surface area contributed by atoms with Crippen molar-refractivity contribution in [1.29, 1.82) is 0 Å². The summed E-state index contributed by atoms with van der Waals surface area (Å²) in [6.45, 7) is 1.17. The van der Waals surface area contributed by atoms with Crippen molar-refractivity contribution >= 4 is 11.9 Å². The summed E-state index contributed by atoms with van der Waals surface area (Å²) in [5, 5.41) is 6.21. The second-order valence-corrected chi connectivity index (χ2v) is 5.35. The molecule has 2 aliphatic carbocycles. The maximum atomic E-state index is 12.1. The van der Waals surface area contributed by atoms with E-state index in [9.17, 15) is 4.79 Å². The van der Waals surface area contributed by atoms with Gasteiger partial charge in [0.25, 0.3) is 5.91 Å². The quantitative estimate of drug-likeness (QED) is 0.692. The minimum Gasteiger partial charge on any atom is -0.383 e. The molecule has 2 bridgehead atoms. The number of nitrogens with zero attached hydrogens (tertiary/aromatic N) is 1. The normalized spacial score (nSPS) is 41.2. The van der Waals surface area contributed by atoms with Gasteiger partial charge < -0.3 is 10.1 Å². The fourth-order valence-electron chi connectivity index (χ4n) is 3.61. The van der Waals surface area contributed by atoms with Crippen molar-refractivity contribution in [2.45, 2.75) is 31.2 Å². The van der Waals surface area contributed by atoms with Gasteiger partial charge in [0, 0.05) is 7.11 Å². The summed E-state index contributed by atoms with van der Waals surface area (Å²) in [5.74, 6) is 2.00. The van der Waals surface area contributed by atoms with Crippen LogP contribution in [0.25, 0.3) is 0 Å². The van der Waals surface area contributed by atoms with Crippen molar-refractivity contribution in [1.82, 2.24) is 10.6 Å². The van der Waals surface area contributed by atoms with Gasteiger partial charge in [0.05, 0.1) is 13.2 Å². The topological polar surface area (TPSA) is 62.7 Å². The summed E-state index contributed by atoms with van der Waals surface area (Å²) in [7, 11) is 1.65. The van der Waals surface area contributed by atoms with Crippen LogP contribution in [0.1, 0.15) is 25.7 Å². The lowest BCUT2D eigenvalue weighted by molar-refractivity contribution is -0.125. The number of nitrogens with one attached hydrogen (secondary N) is 2. The van der Waals surface area contributed by atoms with E-state index >= 15 is 0 Å². The number of ether oxygens (including phenoxy) is 1. The molecule has 5 heteroatoms. The molecule has 1 spiro atoms. The Morgan fingerprint density at radius 2 is 2.41 bits per heavy atom. The van der Waals surface area contributed by atoms with E-state index in [4.69, 9.17) is 4.74 Å². The van der Waals surface area contributed by atoms with Gasteiger partial charge in [-0.25, -0.2) is 0 Å². The van der Waals surface area contributed by atoms with E-state index in [0.717, 1.165) is 12.3 Å². The number of guanidine groups is 1. The largest absolute Gasteiger partial charge is 0.383 e. The number of hydrogen-bond acceptors (Lipinski definition) is 3. The van der Waals surface area contributed by atoms with Gasteiger partial charge in [0.2, 0.25) is 0 Å². The number of fused-ring (bicyclic) bond motifs is 3. The Morgan fingerprint density at radius 3 is 3.06 bits per heavy atom. The van der Waals surface area contributed by atoms with Crippen molar-refractivity contribution in [3.8, 4) is 0 Å². The molecule has 0 aromatic heterocycles. The molecule has 0 aromatic rings. The standard InChI is InChI=1S/C12H19N3O2/c1-17-5-4-13-11-14-10(16)12(15-11)7-8-2-3-9(12)6-8/h8-9H,2-7H2,1H3,(H2,13,14,15,16). The van der Waals surface area contributed by atoms with Crippen molar-refractivity contribution in [2.24, 2.45) is 16.8 Å². The zero-order chi connectivity index (χ0) is 11.9. The molecule has 1 aliphatic heterocycles. The van der Waals surface area contributed by atoms with Crippen LogP contribution in [0.2, 0.25) is 0 Å². The second-order valence-electron chi connectivity index (χ2n) is 5.35. The number of rotatable bonds is 3. The number of aliphatic imine (C=N–C) groups is 1.